The van der Waals surface area contributed by atoms with E-state index < -0.39 is 46.2 Å². The fourth-order valence-electron chi connectivity index (χ4n) is 3.36. The van der Waals surface area contributed by atoms with Gasteiger partial charge in [-0.25, -0.2) is 27.4 Å². The molecule has 3 rings (SSSR count). The third kappa shape index (κ3) is 5.39. The van der Waals surface area contributed by atoms with Gasteiger partial charge in [0.2, 0.25) is 10.0 Å². The fourth-order valence-corrected chi connectivity index (χ4v) is 4.10. The highest BCUT2D eigenvalue weighted by molar-refractivity contribution is 7.88. The molecule has 0 spiro atoms. The number of amides is 2. The van der Waals surface area contributed by atoms with Crippen LogP contribution in [-0.4, -0.2) is 82.9 Å². The number of ether oxygens (including phenoxy) is 1. The summed E-state index contributed by atoms with van der Waals surface area (Å²) in [5.41, 5.74) is 2.14. The molecule has 32 heavy (non-hydrogen) atoms. The quantitative estimate of drug-likeness (QED) is 0.559. The number of rotatable bonds is 6. The Labute approximate surface area is 181 Å². The molecule has 0 saturated carbocycles. The summed E-state index contributed by atoms with van der Waals surface area (Å²) in [6, 6.07) is 1.85. The van der Waals surface area contributed by atoms with E-state index in [1.54, 1.807) is 0 Å². The Balaban J connectivity index is 1.72. The van der Waals surface area contributed by atoms with Crippen molar-refractivity contribution in [2.75, 3.05) is 55.3 Å². The van der Waals surface area contributed by atoms with Crippen LogP contribution in [0.3, 0.4) is 0 Å². The second-order valence-corrected chi connectivity index (χ2v) is 9.06. The van der Waals surface area contributed by atoms with E-state index in [2.05, 4.69) is 5.43 Å². The summed E-state index contributed by atoms with van der Waals surface area (Å²) >= 11 is 0. The van der Waals surface area contributed by atoms with Crippen molar-refractivity contribution in [1.29, 1.82) is 0 Å². The van der Waals surface area contributed by atoms with Crippen molar-refractivity contribution in [2.24, 2.45) is 0 Å². The number of halogens is 4. The van der Waals surface area contributed by atoms with Crippen LogP contribution in [-0.2, 0) is 19.6 Å². The lowest BCUT2D eigenvalue weighted by atomic mass is 10.2. The molecular formula is C17H21F4N5O5S. The van der Waals surface area contributed by atoms with E-state index in [4.69, 9.17) is 4.74 Å². The number of benzene rings is 1. The van der Waals surface area contributed by atoms with Gasteiger partial charge >= 0.3 is 12.5 Å². The zero-order valence-electron chi connectivity index (χ0n) is 16.9. The third-order valence-corrected chi connectivity index (χ3v) is 5.96. The van der Waals surface area contributed by atoms with Crippen molar-refractivity contribution in [3.8, 4) is 0 Å². The van der Waals surface area contributed by atoms with Crippen LogP contribution in [0, 0.1) is 11.6 Å². The molecule has 0 aromatic heterocycles. The Morgan fingerprint density at radius 1 is 1.25 bits per heavy atom. The number of sulfonamides is 1. The minimum atomic E-state index is -3.54. The molecule has 2 aliphatic heterocycles. The first-order valence-electron chi connectivity index (χ1n) is 9.46. The monoisotopic (exact) mass is 483 g/mol. The van der Waals surface area contributed by atoms with Crippen LogP contribution >= 0.6 is 0 Å². The predicted molar refractivity (Wildman–Crippen MR) is 105 cm³/mol. The summed E-state index contributed by atoms with van der Waals surface area (Å²) < 4.78 is 83.4. The molecule has 1 atom stereocenters. The molecule has 10 nitrogen and oxygen atoms in total. The molecule has 2 N–H and O–H groups in total. The van der Waals surface area contributed by atoms with Gasteiger partial charge in [0.15, 0.2) is 11.6 Å². The maximum Gasteiger partial charge on any atom is 0.414 e. The molecule has 1 aromatic carbocycles. The fraction of sp³-hybridized carbons (Fsp3) is 0.529. The zero-order valence-corrected chi connectivity index (χ0v) is 17.7. The number of carbonyl (C=O) groups is 2. The van der Waals surface area contributed by atoms with E-state index in [9.17, 15) is 35.6 Å². The molecule has 2 heterocycles. The van der Waals surface area contributed by atoms with Gasteiger partial charge in [0, 0.05) is 38.3 Å². The number of hydrogen-bond acceptors (Lipinski definition) is 7. The first-order valence-corrected chi connectivity index (χ1v) is 11.3. The topological polar surface area (TPSA) is 111 Å². The second kappa shape index (κ2) is 9.46. The number of carbonyl (C=O) groups excluding carboxylic acids is 2. The van der Waals surface area contributed by atoms with Gasteiger partial charge in [-0.05, 0) is 0 Å². The molecule has 0 bridgehead atoms. The van der Waals surface area contributed by atoms with Crippen molar-refractivity contribution in [1.82, 2.24) is 15.2 Å². The molecule has 0 radical (unpaired) electrons. The lowest BCUT2D eigenvalue weighted by molar-refractivity contribution is -0.132. The van der Waals surface area contributed by atoms with Crippen LogP contribution in [0.4, 0.5) is 33.7 Å². The lowest BCUT2D eigenvalue weighted by Crippen LogP contribution is -2.42. The van der Waals surface area contributed by atoms with Crippen molar-refractivity contribution in [3.63, 3.8) is 0 Å². The molecule has 15 heteroatoms. The van der Waals surface area contributed by atoms with Crippen LogP contribution in [0.2, 0.25) is 0 Å². The first-order chi connectivity index (χ1) is 15.0. The molecule has 0 aliphatic carbocycles. The molecular weight excluding hydrogens is 462 g/mol. The Morgan fingerprint density at radius 2 is 1.91 bits per heavy atom. The Morgan fingerprint density at radius 3 is 2.50 bits per heavy atom. The number of alkyl halides is 2. The minimum Gasteiger partial charge on any atom is -0.442 e. The highest BCUT2D eigenvalue weighted by Crippen LogP contribution is 2.31. The molecule has 0 unspecified atom stereocenters. The number of hydrogen-bond donors (Lipinski definition) is 2. The van der Waals surface area contributed by atoms with E-state index in [1.807, 2.05) is 5.32 Å². The number of nitrogens with zero attached hydrogens (tertiary/aromatic N) is 3. The largest absolute Gasteiger partial charge is 0.442 e. The highest BCUT2D eigenvalue weighted by Gasteiger charge is 2.34. The standard InChI is InChI=1S/C17H21F4N5O5S/c1-32(29,30)26-5-4-24(3-2-23-26)14-12(18)6-10(7-13(14)19)25-9-11(31-17(25)28)8-22-16(27)15(20)21/h6-7,11,15,23H,2-5,8-9H2,1H3,(H,22,27)/t11-/m0/s1. The highest BCUT2D eigenvalue weighted by atomic mass is 32.2. The normalized spacial score (nSPS) is 20.4. The van der Waals surface area contributed by atoms with Crippen LogP contribution in [0.1, 0.15) is 0 Å². The smallest absolute Gasteiger partial charge is 0.414 e. The molecule has 1 aromatic rings. The number of hydrazine groups is 1. The Kier molecular flexibility index (Phi) is 7.09. The average Bonchev–Trinajstić information content (AvgIpc) is 2.89. The second-order valence-electron chi connectivity index (χ2n) is 7.15. The van der Waals surface area contributed by atoms with Crippen molar-refractivity contribution in [3.05, 3.63) is 23.8 Å². The average molecular weight is 483 g/mol. The molecule has 2 aliphatic rings. The van der Waals surface area contributed by atoms with Gasteiger partial charge in [-0.1, -0.05) is 0 Å². The molecule has 2 fully saturated rings. The lowest BCUT2D eigenvalue weighted by Gasteiger charge is -2.24. The summed E-state index contributed by atoms with van der Waals surface area (Å²) in [6.45, 7) is -0.368. The van der Waals surface area contributed by atoms with Crippen molar-refractivity contribution in [2.45, 2.75) is 12.5 Å². The van der Waals surface area contributed by atoms with Crippen LogP contribution in [0.5, 0.6) is 0 Å². The van der Waals surface area contributed by atoms with Crippen LogP contribution in [0.15, 0.2) is 12.1 Å². The maximum absolute atomic E-state index is 14.8. The number of cyclic esters (lactones) is 1. The summed E-state index contributed by atoms with van der Waals surface area (Å²) in [5, 5.41) is 1.91. The minimum absolute atomic E-state index is 0.0188. The predicted octanol–water partition coefficient (Wildman–Crippen LogP) is 0.258. The van der Waals surface area contributed by atoms with Crippen molar-refractivity contribution >= 4 is 33.4 Å². The van der Waals surface area contributed by atoms with Gasteiger partial charge in [0.1, 0.15) is 11.8 Å². The van der Waals surface area contributed by atoms with Crippen molar-refractivity contribution < 1.29 is 40.3 Å². The summed E-state index contributed by atoms with van der Waals surface area (Å²) in [6.07, 6.45) is -4.14. The van der Waals surface area contributed by atoms with Gasteiger partial charge in [0.05, 0.1) is 25.0 Å². The van der Waals surface area contributed by atoms with Crippen LogP contribution in [0.25, 0.3) is 0 Å². The van der Waals surface area contributed by atoms with Crippen LogP contribution < -0.4 is 20.5 Å². The Bertz CT molecular complexity index is 973. The third-order valence-electron chi connectivity index (χ3n) is 4.85. The van der Waals surface area contributed by atoms with E-state index in [0.717, 1.165) is 27.7 Å². The van der Waals surface area contributed by atoms with Gasteiger partial charge in [-0.3, -0.25) is 9.69 Å². The van der Waals surface area contributed by atoms with Gasteiger partial charge < -0.3 is 15.0 Å². The Hall–Kier alpha value is -2.65. The summed E-state index contributed by atoms with van der Waals surface area (Å²) in [5.74, 6) is -3.48. The van der Waals surface area contributed by atoms with E-state index >= 15 is 0 Å². The molecule has 178 valence electrons. The van der Waals surface area contributed by atoms with E-state index in [-0.39, 0.29) is 50.6 Å². The maximum atomic E-state index is 14.8. The zero-order chi connectivity index (χ0) is 23.6. The van der Waals surface area contributed by atoms with Gasteiger partial charge in [-0.15, -0.1) is 4.41 Å². The summed E-state index contributed by atoms with van der Waals surface area (Å²) in [4.78, 5) is 25.3. The SMILES string of the molecule is CS(=O)(=O)N1CCN(c2c(F)cc(N3C[C@H](CNC(=O)C(F)F)OC3=O)cc2F)CCN1. The van der Waals surface area contributed by atoms with Gasteiger partial charge in [-0.2, -0.15) is 8.78 Å². The number of anilines is 2. The number of nitrogens with one attached hydrogen (secondary N) is 2. The summed E-state index contributed by atoms with van der Waals surface area (Å²) in [7, 11) is -3.54. The molecule has 2 saturated heterocycles. The molecule has 2 amide bonds. The van der Waals surface area contributed by atoms with E-state index in [1.165, 1.54) is 4.90 Å². The van der Waals surface area contributed by atoms with E-state index in [0.29, 0.717) is 0 Å². The van der Waals surface area contributed by atoms with Gasteiger partial charge in [0.25, 0.3) is 5.91 Å². The first kappa shape index (κ1) is 24.0.